The van der Waals surface area contributed by atoms with Crippen molar-refractivity contribution in [2.45, 2.75) is 32.9 Å². The van der Waals surface area contributed by atoms with E-state index in [1.54, 1.807) is 11.3 Å². The third kappa shape index (κ3) is 5.05. The molecule has 1 aliphatic rings. The third-order valence-corrected chi connectivity index (χ3v) is 6.98. The summed E-state index contributed by atoms with van der Waals surface area (Å²) < 4.78 is 13.3. The monoisotopic (exact) mass is 473 g/mol. The van der Waals surface area contributed by atoms with Crippen molar-refractivity contribution in [2.24, 2.45) is 0 Å². The van der Waals surface area contributed by atoms with Crippen molar-refractivity contribution in [3.05, 3.63) is 83.6 Å². The molecule has 174 valence electrons. The number of para-hydroxylation sites is 1. The Hall–Kier alpha value is -3.42. The SMILES string of the molecule is CCc1cc(CN2CC(OC(C)=O)C2)sc1-n1cnc(-c2ccc(Oc3ccccc3)cc2)c1. The standard InChI is InChI=1S/C27H27N3O3S/c1-3-20-13-25(16-29-14-24(15-29)32-19(2)31)34-27(20)30-17-26(28-18-30)21-9-11-23(12-10-21)33-22-7-5-4-6-8-22/h4-13,17-18,24H,3,14-16H2,1-2H3. The third-order valence-electron chi connectivity index (χ3n) is 5.80. The van der Waals surface area contributed by atoms with Gasteiger partial charge in [0.25, 0.3) is 0 Å². The zero-order valence-corrected chi connectivity index (χ0v) is 20.1. The second-order valence-corrected chi connectivity index (χ2v) is 9.54. The molecule has 1 aliphatic heterocycles. The molecule has 3 heterocycles. The Bertz CT molecular complexity index is 1260. The summed E-state index contributed by atoms with van der Waals surface area (Å²) in [7, 11) is 0. The second kappa shape index (κ2) is 9.83. The molecule has 6 nitrogen and oxygen atoms in total. The van der Waals surface area contributed by atoms with E-state index >= 15 is 0 Å². The van der Waals surface area contributed by atoms with Crippen LogP contribution in [0.2, 0.25) is 0 Å². The van der Waals surface area contributed by atoms with E-state index in [1.807, 2.05) is 60.9 Å². The van der Waals surface area contributed by atoms with Crippen molar-refractivity contribution in [1.29, 1.82) is 0 Å². The topological polar surface area (TPSA) is 56.6 Å². The Morgan fingerprint density at radius 3 is 2.53 bits per heavy atom. The number of rotatable bonds is 8. The van der Waals surface area contributed by atoms with E-state index in [0.717, 1.165) is 48.8 Å². The molecule has 0 bridgehead atoms. The number of thiophene rings is 1. The molecular formula is C27H27N3O3S. The highest BCUT2D eigenvalue weighted by atomic mass is 32.1. The lowest BCUT2D eigenvalue weighted by Gasteiger charge is -2.37. The van der Waals surface area contributed by atoms with Gasteiger partial charge in [-0.15, -0.1) is 11.3 Å². The predicted octanol–water partition coefficient (Wildman–Crippen LogP) is 5.70. The fourth-order valence-electron chi connectivity index (χ4n) is 4.11. The maximum atomic E-state index is 11.1. The van der Waals surface area contributed by atoms with Gasteiger partial charge in [0.1, 0.15) is 28.9 Å². The number of ether oxygens (including phenoxy) is 2. The lowest BCUT2D eigenvalue weighted by Crippen LogP contribution is -2.51. The van der Waals surface area contributed by atoms with E-state index < -0.39 is 0 Å². The van der Waals surface area contributed by atoms with E-state index in [-0.39, 0.29) is 12.1 Å². The summed E-state index contributed by atoms with van der Waals surface area (Å²) in [5.41, 5.74) is 3.29. The Morgan fingerprint density at radius 2 is 1.82 bits per heavy atom. The molecule has 0 N–H and O–H groups in total. The number of aryl methyl sites for hydroxylation is 1. The summed E-state index contributed by atoms with van der Waals surface area (Å²) >= 11 is 1.80. The number of nitrogens with zero attached hydrogens (tertiary/aromatic N) is 3. The first-order valence-corrected chi connectivity index (χ1v) is 12.3. The van der Waals surface area contributed by atoms with Gasteiger partial charge in [-0.1, -0.05) is 25.1 Å². The van der Waals surface area contributed by atoms with Gasteiger partial charge in [-0.2, -0.15) is 0 Å². The molecular weight excluding hydrogens is 446 g/mol. The van der Waals surface area contributed by atoms with Crippen LogP contribution < -0.4 is 4.74 Å². The summed E-state index contributed by atoms with van der Waals surface area (Å²) in [6.45, 7) is 6.12. The van der Waals surface area contributed by atoms with Crippen molar-refractivity contribution in [3.8, 4) is 27.8 Å². The van der Waals surface area contributed by atoms with Gasteiger partial charge in [-0.05, 0) is 54.4 Å². The van der Waals surface area contributed by atoms with Crippen LogP contribution in [0.5, 0.6) is 11.5 Å². The number of carbonyl (C=O) groups excluding carboxylic acids is 1. The molecule has 1 fully saturated rings. The Kier molecular flexibility index (Phi) is 6.47. The first-order chi connectivity index (χ1) is 16.6. The van der Waals surface area contributed by atoms with Crippen LogP contribution in [0.4, 0.5) is 0 Å². The molecule has 2 aromatic carbocycles. The minimum absolute atomic E-state index is 0.0308. The minimum Gasteiger partial charge on any atom is -0.460 e. The van der Waals surface area contributed by atoms with Crippen molar-refractivity contribution >= 4 is 17.3 Å². The molecule has 0 aliphatic carbocycles. The van der Waals surface area contributed by atoms with Gasteiger partial charge < -0.3 is 9.47 Å². The lowest BCUT2D eigenvalue weighted by atomic mass is 10.1. The molecule has 34 heavy (non-hydrogen) atoms. The van der Waals surface area contributed by atoms with Crippen LogP contribution in [0.25, 0.3) is 16.3 Å². The maximum Gasteiger partial charge on any atom is 0.302 e. The highest BCUT2D eigenvalue weighted by Gasteiger charge is 2.29. The predicted molar refractivity (Wildman–Crippen MR) is 134 cm³/mol. The molecule has 2 aromatic heterocycles. The number of carbonyl (C=O) groups is 1. The highest BCUT2D eigenvalue weighted by molar-refractivity contribution is 7.14. The summed E-state index contributed by atoms with van der Waals surface area (Å²) in [4.78, 5) is 19.4. The van der Waals surface area contributed by atoms with Crippen molar-refractivity contribution < 1.29 is 14.3 Å². The van der Waals surface area contributed by atoms with E-state index in [9.17, 15) is 4.79 Å². The van der Waals surface area contributed by atoms with E-state index in [2.05, 4.69) is 33.6 Å². The molecule has 0 atom stereocenters. The van der Waals surface area contributed by atoms with Gasteiger partial charge in [-0.25, -0.2) is 4.98 Å². The van der Waals surface area contributed by atoms with Gasteiger partial charge in [-0.3, -0.25) is 14.3 Å². The largest absolute Gasteiger partial charge is 0.460 e. The molecule has 0 amide bonds. The van der Waals surface area contributed by atoms with Crippen LogP contribution in [0.15, 0.2) is 73.2 Å². The van der Waals surface area contributed by atoms with Crippen molar-refractivity contribution in [1.82, 2.24) is 14.5 Å². The smallest absolute Gasteiger partial charge is 0.302 e. The molecule has 5 rings (SSSR count). The number of likely N-dealkylation sites (tertiary alicyclic amines) is 1. The van der Waals surface area contributed by atoms with Gasteiger partial charge >= 0.3 is 5.97 Å². The highest BCUT2D eigenvalue weighted by Crippen LogP contribution is 2.31. The number of esters is 1. The van der Waals surface area contributed by atoms with Crippen LogP contribution in [0.1, 0.15) is 24.3 Å². The minimum atomic E-state index is -0.203. The van der Waals surface area contributed by atoms with Gasteiger partial charge in [0, 0.05) is 43.2 Å². The van der Waals surface area contributed by atoms with E-state index in [4.69, 9.17) is 9.47 Å². The number of imidazole rings is 1. The maximum absolute atomic E-state index is 11.1. The Labute approximate surface area is 203 Å². The average molecular weight is 474 g/mol. The Balaban J connectivity index is 1.26. The first kappa shape index (κ1) is 22.4. The van der Waals surface area contributed by atoms with Crippen LogP contribution in [0, 0.1) is 0 Å². The van der Waals surface area contributed by atoms with E-state index in [0.29, 0.717) is 0 Å². The van der Waals surface area contributed by atoms with E-state index in [1.165, 1.54) is 22.4 Å². The molecule has 0 saturated carbocycles. The summed E-state index contributed by atoms with van der Waals surface area (Å²) in [6, 6.07) is 20.1. The first-order valence-electron chi connectivity index (χ1n) is 11.5. The lowest BCUT2D eigenvalue weighted by molar-refractivity contribution is -0.155. The summed E-state index contributed by atoms with van der Waals surface area (Å²) in [5, 5.41) is 1.21. The van der Waals surface area contributed by atoms with Crippen LogP contribution >= 0.6 is 11.3 Å². The van der Waals surface area contributed by atoms with Crippen LogP contribution in [-0.2, 0) is 22.5 Å². The average Bonchev–Trinajstić information content (AvgIpc) is 3.46. The van der Waals surface area contributed by atoms with Crippen molar-refractivity contribution in [2.75, 3.05) is 13.1 Å². The molecule has 0 radical (unpaired) electrons. The van der Waals surface area contributed by atoms with Crippen LogP contribution in [0.3, 0.4) is 0 Å². The van der Waals surface area contributed by atoms with Gasteiger partial charge in [0.15, 0.2) is 0 Å². The molecule has 0 spiro atoms. The number of hydrogen-bond donors (Lipinski definition) is 0. The van der Waals surface area contributed by atoms with Gasteiger partial charge in [0.05, 0.1) is 5.69 Å². The zero-order chi connectivity index (χ0) is 23.5. The van der Waals surface area contributed by atoms with Crippen molar-refractivity contribution in [3.63, 3.8) is 0 Å². The molecule has 7 heteroatoms. The fraction of sp³-hybridized carbons (Fsp3) is 0.259. The quantitative estimate of drug-likeness (QED) is 0.307. The number of hydrogen-bond acceptors (Lipinski definition) is 6. The Morgan fingerprint density at radius 1 is 1.09 bits per heavy atom. The molecule has 4 aromatic rings. The summed E-state index contributed by atoms with van der Waals surface area (Å²) in [5.74, 6) is 1.42. The van der Waals surface area contributed by atoms with Gasteiger partial charge in [0.2, 0.25) is 0 Å². The normalized spacial score (nSPS) is 14.1. The summed E-state index contributed by atoms with van der Waals surface area (Å²) in [6.07, 6.45) is 4.96. The molecule has 1 saturated heterocycles. The molecule has 0 unspecified atom stereocenters. The fourth-order valence-corrected chi connectivity index (χ4v) is 5.34. The zero-order valence-electron chi connectivity index (χ0n) is 19.3. The van der Waals surface area contributed by atoms with Crippen LogP contribution in [-0.4, -0.2) is 39.6 Å². The number of benzene rings is 2. The number of aromatic nitrogens is 2. The second-order valence-electron chi connectivity index (χ2n) is 8.43.